The van der Waals surface area contributed by atoms with Crippen molar-refractivity contribution in [2.24, 2.45) is 0 Å². The first-order valence-corrected chi connectivity index (χ1v) is 6.22. The van der Waals surface area contributed by atoms with Gasteiger partial charge in [-0.15, -0.1) is 4.37 Å². The third kappa shape index (κ3) is 4.42. The maximum absolute atomic E-state index is 9.63. The monoisotopic (exact) mass is 245 g/mol. The molecule has 0 fully saturated rings. The van der Waals surface area contributed by atoms with Gasteiger partial charge in [-0.1, -0.05) is 20.8 Å². The molecule has 92 valence electrons. The Morgan fingerprint density at radius 1 is 1.44 bits per heavy atom. The zero-order valence-electron chi connectivity index (χ0n) is 9.93. The Morgan fingerprint density at radius 3 is 2.81 bits per heavy atom. The van der Waals surface area contributed by atoms with Gasteiger partial charge in [-0.3, -0.25) is 0 Å². The van der Waals surface area contributed by atoms with E-state index in [1.54, 1.807) is 0 Å². The molecule has 0 radical (unpaired) electrons. The van der Waals surface area contributed by atoms with E-state index in [-0.39, 0.29) is 6.61 Å². The molecule has 0 spiro atoms. The van der Waals surface area contributed by atoms with Crippen molar-refractivity contribution >= 4 is 11.7 Å². The minimum Gasteiger partial charge on any atom is -0.473 e. The third-order valence-corrected chi connectivity index (χ3v) is 2.58. The molecule has 0 aromatic carbocycles. The molecular weight excluding hydrogens is 226 g/mol. The second-order valence-corrected chi connectivity index (χ2v) is 4.43. The highest BCUT2D eigenvalue weighted by atomic mass is 32.1. The SMILES string of the molecule is CCc1nsnc1OC[C@@H](O)CNC(C)C. The molecule has 0 saturated heterocycles. The summed E-state index contributed by atoms with van der Waals surface area (Å²) in [5, 5.41) is 12.8. The van der Waals surface area contributed by atoms with E-state index < -0.39 is 6.10 Å². The van der Waals surface area contributed by atoms with E-state index in [9.17, 15) is 5.11 Å². The first-order valence-electron chi connectivity index (χ1n) is 5.49. The predicted octanol–water partition coefficient (Wildman–Crippen LogP) is 0.838. The Hall–Kier alpha value is -0.720. The van der Waals surface area contributed by atoms with Crippen LogP contribution in [0.5, 0.6) is 5.88 Å². The summed E-state index contributed by atoms with van der Waals surface area (Å²) in [4.78, 5) is 0. The fraction of sp³-hybridized carbons (Fsp3) is 0.800. The molecule has 0 aliphatic carbocycles. The smallest absolute Gasteiger partial charge is 0.249 e. The van der Waals surface area contributed by atoms with Gasteiger partial charge >= 0.3 is 0 Å². The Balaban J connectivity index is 2.28. The Labute approximate surface area is 100 Å². The lowest BCUT2D eigenvalue weighted by Gasteiger charge is -2.14. The molecular formula is C10H19N3O2S. The van der Waals surface area contributed by atoms with Crippen LogP contribution in [0.25, 0.3) is 0 Å². The molecule has 2 N–H and O–H groups in total. The minimum atomic E-state index is -0.520. The van der Waals surface area contributed by atoms with E-state index in [4.69, 9.17) is 4.74 Å². The molecule has 0 saturated carbocycles. The lowest BCUT2D eigenvalue weighted by atomic mass is 10.3. The standard InChI is InChI=1S/C10H19N3O2S/c1-4-9-10(13-16-12-9)15-6-8(14)5-11-7(2)3/h7-8,11,14H,4-6H2,1-3H3/t8-/m0/s1. The van der Waals surface area contributed by atoms with Gasteiger partial charge < -0.3 is 15.2 Å². The summed E-state index contributed by atoms with van der Waals surface area (Å²) in [6, 6.07) is 0.363. The molecule has 0 aliphatic heterocycles. The van der Waals surface area contributed by atoms with Crippen LogP contribution in [-0.4, -0.2) is 39.2 Å². The van der Waals surface area contributed by atoms with Gasteiger partial charge in [0, 0.05) is 12.6 Å². The highest BCUT2D eigenvalue weighted by molar-refractivity contribution is 6.99. The molecule has 1 atom stereocenters. The number of aliphatic hydroxyl groups excluding tert-OH is 1. The fourth-order valence-electron chi connectivity index (χ4n) is 1.13. The molecule has 1 heterocycles. The second-order valence-electron chi connectivity index (χ2n) is 3.90. The molecule has 0 unspecified atom stereocenters. The number of nitrogens with one attached hydrogen (secondary N) is 1. The summed E-state index contributed by atoms with van der Waals surface area (Å²) in [5.74, 6) is 0.552. The maximum atomic E-state index is 9.63. The number of rotatable bonds is 7. The second kappa shape index (κ2) is 6.78. The predicted molar refractivity (Wildman–Crippen MR) is 63.9 cm³/mol. The van der Waals surface area contributed by atoms with Crippen molar-refractivity contribution in [1.29, 1.82) is 0 Å². The van der Waals surface area contributed by atoms with Crippen LogP contribution < -0.4 is 10.1 Å². The van der Waals surface area contributed by atoms with Gasteiger partial charge in [0.15, 0.2) is 0 Å². The Bertz CT molecular complexity index is 304. The van der Waals surface area contributed by atoms with Crippen LogP contribution >= 0.6 is 11.7 Å². The van der Waals surface area contributed by atoms with E-state index in [1.807, 2.05) is 20.8 Å². The number of ether oxygens (including phenoxy) is 1. The van der Waals surface area contributed by atoms with Gasteiger partial charge in [0.2, 0.25) is 5.88 Å². The third-order valence-electron chi connectivity index (χ3n) is 2.03. The normalized spacial score (nSPS) is 13.1. The lowest BCUT2D eigenvalue weighted by Crippen LogP contribution is -2.35. The van der Waals surface area contributed by atoms with E-state index >= 15 is 0 Å². The molecule has 1 aromatic heterocycles. The average Bonchev–Trinajstić information content (AvgIpc) is 2.70. The molecule has 0 aliphatic rings. The van der Waals surface area contributed by atoms with Gasteiger partial charge in [0.25, 0.3) is 0 Å². The number of nitrogens with zero attached hydrogens (tertiary/aromatic N) is 2. The highest BCUT2D eigenvalue weighted by Gasteiger charge is 2.10. The van der Waals surface area contributed by atoms with Crippen LogP contribution in [-0.2, 0) is 6.42 Å². The maximum Gasteiger partial charge on any atom is 0.249 e. The van der Waals surface area contributed by atoms with Crippen molar-refractivity contribution in [3.63, 3.8) is 0 Å². The summed E-state index contributed by atoms with van der Waals surface area (Å²) >= 11 is 1.14. The van der Waals surface area contributed by atoms with Crippen LogP contribution in [0, 0.1) is 0 Å². The van der Waals surface area contributed by atoms with Crippen molar-refractivity contribution in [2.45, 2.75) is 39.3 Å². The number of aliphatic hydroxyl groups is 1. The number of aryl methyl sites for hydroxylation is 1. The number of aromatic nitrogens is 2. The number of hydrogen-bond donors (Lipinski definition) is 2. The van der Waals surface area contributed by atoms with E-state index in [2.05, 4.69) is 14.1 Å². The molecule has 1 rings (SSSR count). The Morgan fingerprint density at radius 2 is 2.19 bits per heavy atom. The van der Waals surface area contributed by atoms with Crippen LogP contribution in [0.4, 0.5) is 0 Å². The molecule has 0 amide bonds. The molecule has 0 bridgehead atoms. The first kappa shape index (κ1) is 13.3. The highest BCUT2D eigenvalue weighted by Crippen LogP contribution is 2.15. The van der Waals surface area contributed by atoms with Gasteiger partial charge in [-0.05, 0) is 6.42 Å². The van der Waals surface area contributed by atoms with E-state index in [0.29, 0.717) is 18.5 Å². The van der Waals surface area contributed by atoms with Crippen LogP contribution in [0.3, 0.4) is 0 Å². The summed E-state index contributed by atoms with van der Waals surface area (Å²) < 4.78 is 13.5. The number of hydrogen-bond acceptors (Lipinski definition) is 6. The minimum absolute atomic E-state index is 0.248. The van der Waals surface area contributed by atoms with Crippen LogP contribution in [0.1, 0.15) is 26.5 Å². The van der Waals surface area contributed by atoms with E-state index in [0.717, 1.165) is 23.8 Å². The van der Waals surface area contributed by atoms with Gasteiger partial charge in [-0.2, -0.15) is 4.37 Å². The van der Waals surface area contributed by atoms with Crippen molar-refractivity contribution in [3.8, 4) is 5.88 Å². The van der Waals surface area contributed by atoms with Gasteiger partial charge in [0.1, 0.15) is 18.4 Å². The molecule has 6 heteroatoms. The summed E-state index contributed by atoms with van der Waals surface area (Å²) in [7, 11) is 0. The summed E-state index contributed by atoms with van der Waals surface area (Å²) in [6.45, 7) is 6.84. The van der Waals surface area contributed by atoms with Crippen molar-refractivity contribution in [2.75, 3.05) is 13.2 Å². The van der Waals surface area contributed by atoms with Crippen molar-refractivity contribution in [3.05, 3.63) is 5.69 Å². The van der Waals surface area contributed by atoms with Gasteiger partial charge in [-0.25, -0.2) is 0 Å². The van der Waals surface area contributed by atoms with Crippen molar-refractivity contribution < 1.29 is 9.84 Å². The topological polar surface area (TPSA) is 67.3 Å². The molecule has 16 heavy (non-hydrogen) atoms. The Kier molecular flexibility index (Phi) is 5.65. The quantitative estimate of drug-likeness (QED) is 0.745. The average molecular weight is 245 g/mol. The summed E-state index contributed by atoms with van der Waals surface area (Å²) in [5.41, 5.74) is 0.856. The van der Waals surface area contributed by atoms with E-state index in [1.165, 1.54) is 0 Å². The largest absolute Gasteiger partial charge is 0.473 e. The first-order chi connectivity index (χ1) is 7.63. The summed E-state index contributed by atoms with van der Waals surface area (Å²) in [6.07, 6.45) is 0.278. The van der Waals surface area contributed by atoms with Crippen LogP contribution in [0.15, 0.2) is 0 Å². The zero-order valence-corrected chi connectivity index (χ0v) is 10.8. The fourth-order valence-corrected chi connectivity index (χ4v) is 1.71. The molecule has 1 aromatic rings. The zero-order chi connectivity index (χ0) is 12.0. The lowest BCUT2D eigenvalue weighted by molar-refractivity contribution is 0.102. The van der Waals surface area contributed by atoms with Crippen molar-refractivity contribution in [1.82, 2.24) is 14.1 Å². The van der Waals surface area contributed by atoms with Crippen LogP contribution in [0.2, 0.25) is 0 Å². The molecule has 5 nitrogen and oxygen atoms in total. The van der Waals surface area contributed by atoms with Gasteiger partial charge in [0.05, 0.1) is 11.7 Å².